The Hall–Kier alpha value is -1.67. The summed E-state index contributed by atoms with van der Waals surface area (Å²) in [6.45, 7) is 1.25. The van der Waals surface area contributed by atoms with Gasteiger partial charge in [0.1, 0.15) is 0 Å². The normalized spacial score (nSPS) is 11.0. The first-order valence-corrected chi connectivity index (χ1v) is 7.21. The third kappa shape index (κ3) is 4.68. The van der Waals surface area contributed by atoms with Crippen LogP contribution in [0.4, 0.5) is 0 Å². The summed E-state index contributed by atoms with van der Waals surface area (Å²) in [5, 5.41) is 7.92. The third-order valence-corrected chi connectivity index (χ3v) is 3.23. The molecule has 0 fully saturated rings. The number of aromatic nitrogens is 2. The summed E-state index contributed by atoms with van der Waals surface area (Å²) in [4.78, 5) is 13.0. The monoisotopic (exact) mass is 357 g/mol. The fourth-order valence-electron chi connectivity index (χ4n) is 1.75. The van der Waals surface area contributed by atoms with Gasteiger partial charge in [0.15, 0.2) is 10.4 Å². The zero-order chi connectivity index (χ0) is 15.2. The Morgan fingerprint density at radius 2 is 2.19 bits per heavy atom. The summed E-state index contributed by atoms with van der Waals surface area (Å²) in [6, 6.07) is 3.51. The minimum Gasteiger partial charge on any atom is -0.469 e. The van der Waals surface area contributed by atoms with E-state index in [1.54, 1.807) is 12.1 Å². The Kier molecular flexibility index (Phi) is 5.51. The molecule has 2 aromatic rings. The van der Waals surface area contributed by atoms with Crippen LogP contribution in [0.2, 0.25) is 0 Å². The summed E-state index contributed by atoms with van der Waals surface area (Å²) in [5.74, 6) is 1.16. The van der Waals surface area contributed by atoms with Crippen molar-refractivity contribution in [2.45, 2.75) is 19.4 Å². The lowest BCUT2D eigenvalue weighted by Crippen LogP contribution is -2.20. The van der Waals surface area contributed by atoms with E-state index in [0.29, 0.717) is 35.2 Å². The number of furan rings is 1. The van der Waals surface area contributed by atoms with E-state index in [1.807, 2.05) is 11.9 Å². The maximum Gasteiger partial charge on any atom is 0.305 e. The second-order valence-corrected chi connectivity index (χ2v) is 5.30. The number of hydrogen-bond donors (Lipinski definition) is 0. The lowest BCUT2D eigenvalue weighted by molar-refractivity contribution is -0.140. The Morgan fingerprint density at radius 1 is 1.38 bits per heavy atom. The molecular weight excluding hydrogens is 342 g/mol. The van der Waals surface area contributed by atoms with Crippen LogP contribution >= 0.6 is 15.9 Å². The minimum atomic E-state index is -0.202. The van der Waals surface area contributed by atoms with Crippen LogP contribution in [-0.4, -0.2) is 41.8 Å². The third-order valence-electron chi connectivity index (χ3n) is 2.80. The van der Waals surface area contributed by atoms with Crippen molar-refractivity contribution in [3.63, 3.8) is 0 Å². The van der Waals surface area contributed by atoms with Crippen molar-refractivity contribution in [1.29, 1.82) is 0 Å². The van der Waals surface area contributed by atoms with E-state index in [4.69, 9.17) is 8.83 Å². The largest absolute Gasteiger partial charge is 0.469 e. The van der Waals surface area contributed by atoms with Gasteiger partial charge >= 0.3 is 5.97 Å². The molecule has 0 radical (unpaired) electrons. The van der Waals surface area contributed by atoms with Crippen molar-refractivity contribution < 1.29 is 18.4 Å². The van der Waals surface area contributed by atoms with E-state index in [0.717, 1.165) is 13.0 Å². The number of esters is 1. The maximum absolute atomic E-state index is 11.0. The molecule has 8 heteroatoms. The van der Waals surface area contributed by atoms with Gasteiger partial charge in [0, 0.05) is 6.42 Å². The summed E-state index contributed by atoms with van der Waals surface area (Å²) in [6.07, 6.45) is 1.12. The highest BCUT2D eigenvalue weighted by molar-refractivity contribution is 9.10. The second kappa shape index (κ2) is 7.37. The van der Waals surface area contributed by atoms with Crippen LogP contribution in [0.1, 0.15) is 18.7 Å². The van der Waals surface area contributed by atoms with Crippen LogP contribution in [0.3, 0.4) is 0 Å². The molecule has 2 rings (SSSR count). The van der Waals surface area contributed by atoms with Gasteiger partial charge in [0.05, 0.1) is 13.7 Å². The summed E-state index contributed by atoms with van der Waals surface area (Å²) < 4.78 is 16.1. The number of ether oxygens (including phenoxy) is 1. The van der Waals surface area contributed by atoms with E-state index in [1.165, 1.54) is 7.11 Å². The molecule has 0 saturated carbocycles. The molecule has 0 bridgehead atoms. The van der Waals surface area contributed by atoms with Crippen LogP contribution < -0.4 is 0 Å². The fourth-order valence-corrected chi connectivity index (χ4v) is 2.06. The highest BCUT2D eigenvalue weighted by atomic mass is 79.9. The zero-order valence-electron chi connectivity index (χ0n) is 11.8. The Bertz CT molecular complexity index is 596. The summed E-state index contributed by atoms with van der Waals surface area (Å²) in [5.41, 5.74) is 0. The molecule has 0 aliphatic carbocycles. The first-order chi connectivity index (χ1) is 10.1. The van der Waals surface area contributed by atoms with Crippen LogP contribution in [0.15, 0.2) is 25.6 Å². The van der Waals surface area contributed by atoms with Gasteiger partial charge < -0.3 is 13.6 Å². The van der Waals surface area contributed by atoms with Crippen molar-refractivity contribution in [3.05, 3.63) is 22.7 Å². The van der Waals surface area contributed by atoms with Crippen molar-refractivity contribution in [1.82, 2.24) is 15.1 Å². The van der Waals surface area contributed by atoms with Gasteiger partial charge in [0.2, 0.25) is 5.89 Å². The molecule has 0 aromatic carbocycles. The van der Waals surface area contributed by atoms with E-state index >= 15 is 0 Å². The Balaban J connectivity index is 1.83. The average Bonchev–Trinajstić information content (AvgIpc) is 3.07. The zero-order valence-corrected chi connectivity index (χ0v) is 13.4. The molecule has 0 N–H and O–H groups in total. The number of rotatable bonds is 7. The smallest absolute Gasteiger partial charge is 0.305 e. The van der Waals surface area contributed by atoms with Crippen molar-refractivity contribution in [2.24, 2.45) is 0 Å². The molecule has 2 heterocycles. The Labute approximate surface area is 130 Å². The van der Waals surface area contributed by atoms with E-state index in [9.17, 15) is 4.79 Å². The van der Waals surface area contributed by atoms with Gasteiger partial charge in [-0.3, -0.25) is 9.69 Å². The van der Waals surface area contributed by atoms with E-state index in [-0.39, 0.29) is 5.97 Å². The topological polar surface area (TPSA) is 81.6 Å². The molecule has 0 atom stereocenters. The molecule has 114 valence electrons. The first-order valence-electron chi connectivity index (χ1n) is 6.42. The van der Waals surface area contributed by atoms with Crippen LogP contribution in [0.25, 0.3) is 11.7 Å². The lowest BCUT2D eigenvalue weighted by atomic mass is 10.3. The van der Waals surface area contributed by atoms with Gasteiger partial charge in [0.25, 0.3) is 5.89 Å². The van der Waals surface area contributed by atoms with Gasteiger partial charge in [-0.1, -0.05) is 0 Å². The number of carbonyl (C=O) groups excluding carboxylic acids is 1. The van der Waals surface area contributed by atoms with E-state index < -0.39 is 0 Å². The predicted octanol–water partition coefficient (Wildman–Crippen LogP) is 2.48. The molecule has 2 aromatic heterocycles. The first kappa shape index (κ1) is 15.7. The highest BCUT2D eigenvalue weighted by Crippen LogP contribution is 2.23. The van der Waals surface area contributed by atoms with E-state index in [2.05, 4.69) is 30.9 Å². The average molecular weight is 358 g/mol. The SMILES string of the molecule is COC(=O)CCCN(C)Cc1nnc(-c2ccc(Br)o2)o1. The van der Waals surface area contributed by atoms with Gasteiger partial charge in [-0.05, 0) is 48.1 Å². The predicted molar refractivity (Wildman–Crippen MR) is 77.3 cm³/mol. The molecule has 0 aliphatic heterocycles. The van der Waals surface area contributed by atoms with Gasteiger partial charge in [-0.2, -0.15) is 0 Å². The molecule has 7 nitrogen and oxygen atoms in total. The highest BCUT2D eigenvalue weighted by Gasteiger charge is 2.13. The van der Waals surface area contributed by atoms with Crippen LogP contribution in [0.5, 0.6) is 0 Å². The molecule has 0 spiro atoms. The summed E-state index contributed by atoms with van der Waals surface area (Å²) >= 11 is 3.22. The number of methoxy groups -OCH3 is 1. The van der Waals surface area contributed by atoms with Crippen LogP contribution in [-0.2, 0) is 16.1 Å². The second-order valence-electron chi connectivity index (χ2n) is 4.52. The molecule has 21 heavy (non-hydrogen) atoms. The van der Waals surface area contributed by atoms with Crippen LogP contribution in [0, 0.1) is 0 Å². The molecule has 0 amide bonds. The Morgan fingerprint density at radius 3 is 2.86 bits per heavy atom. The molecule has 0 unspecified atom stereocenters. The maximum atomic E-state index is 11.0. The number of halogens is 1. The molecular formula is C13H16BrN3O4. The minimum absolute atomic E-state index is 0.202. The quantitative estimate of drug-likeness (QED) is 0.703. The number of nitrogens with zero attached hydrogens (tertiary/aromatic N) is 3. The van der Waals surface area contributed by atoms with Gasteiger partial charge in [-0.25, -0.2) is 0 Å². The molecule has 0 aliphatic rings. The number of carbonyl (C=O) groups is 1. The lowest BCUT2D eigenvalue weighted by Gasteiger charge is -2.13. The number of hydrogen-bond acceptors (Lipinski definition) is 7. The summed E-state index contributed by atoms with van der Waals surface area (Å²) in [7, 11) is 3.31. The van der Waals surface area contributed by atoms with Crippen molar-refractivity contribution in [2.75, 3.05) is 20.7 Å². The van der Waals surface area contributed by atoms with Crippen molar-refractivity contribution in [3.8, 4) is 11.7 Å². The molecule has 0 saturated heterocycles. The van der Waals surface area contributed by atoms with Gasteiger partial charge in [-0.15, -0.1) is 10.2 Å². The van der Waals surface area contributed by atoms with Crippen molar-refractivity contribution >= 4 is 21.9 Å². The fraction of sp³-hybridized carbons (Fsp3) is 0.462. The standard InChI is InChI=1S/C13H16BrN3O4/c1-17(7-3-4-12(18)19-2)8-11-15-16-13(21-11)9-5-6-10(14)20-9/h5-6H,3-4,7-8H2,1-2H3.